The number of hydrogen-bond donors (Lipinski definition) is 2. The molecule has 19 heavy (non-hydrogen) atoms. The van der Waals surface area contributed by atoms with Gasteiger partial charge in [-0.05, 0) is 6.07 Å². The summed E-state index contributed by atoms with van der Waals surface area (Å²) in [5, 5.41) is 10.3. The van der Waals surface area contributed by atoms with E-state index in [2.05, 4.69) is 4.74 Å². The lowest BCUT2D eigenvalue weighted by Crippen LogP contribution is -2.17. The van der Waals surface area contributed by atoms with Crippen LogP contribution in [0.1, 0.15) is 16.8 Å². The van der Waals surface area contributed by atoms with Gasteiger partial charge in [-0.1, -0.05) is 0 Å². The van der Waals surface area contributed by atoms with Crippen LogP contribution in [-0.4, -0.2) is 30.1 Å². The Hall–Kier alpha value is -2.51. The minimum Gasteiger partial charge on any atom is -0.481 e. The minimum absolute atomic E-state index is 0.392. The molecule has 0 fully saturated rings. The van der Waals surface area contributed by atoms with Gasteiger partial charge in [-0.25, -0.2) is 13.6 Å². The molecule has 0 spiro atoms. The van der Waals surface area contributed by atoms with Crippen LogP contribution in [0.3, 0.4) is 0 Å². The van der Waals surface area contributed by atoms with E-state index < -0.39 is 47.2 Å². The van der Waals surface area contributed by atoms with Crippen molar-refractivity contribution in [1.29, 1.82) is 0 Å². The first kappa shape index (κ1) is 14.6. The number of anilines is 1. The van der Waals surface area contributed by atoms with Crippen LogP contribution in [-0.2, 0) is 14.3 Å². The van der Waals surface area contributed by atoms with Crippen molar-refractivity contribution in [1.82, 2.24) is 0 Å². The summed E-state index contributed by atoms with van der Waals surface area (Å²) in [4.78, 5) is 32.6. The number of nitrogens with one attached hydrogen (secondary N) is 1. The van der Waals surface area contributed by atoms with E-state index in [1.54, 1.807) is 0 Å². The molecular formula is C11H9F2NO5. The van der Waals surface area contributed by atoms with E-state index in [0.717, 1.165) is 13.2 Å². The van der Waals surface area contributed by atoms with E-state index in [0.29, 0.717) is 6.07 Å². The van der Waals surface area contributed by atoms with E-state index in [1.807, 2.05) is 5.32 Å². The molecule has 0 aliphatic rings. The number of methoxy groups -OCH3 is 1. The highest BCUT2D eigenvalue weighted by molar-refractivity contribution is 6.02. The molecule has 6 nitrogen and oxygen atoms in total. The van der Waals surface area contributed by atoms with Gasteiger partial charge < -0.3 is 15.2 Å². The van der Waals surface area contributed by atoms with Crippen molar-refractivity contribution < 1.29 is 33.0 Å². The second kappa shape index (κ2) is 5.89. The summed E-state index contributed by atoms with van der Waals surface area (Å²) >= 11 is 0. The molecule has 0 bridgehead atoms. The van der Waals surface area contributed by atoms with E-state index in [4.69, 9.17) is 5.11 Å². The lowest BCUT2D eigenvalue weighted by molar-refractivity contribution is -0.139. The Morgan fingerprint density at radius 2 is 1.89 bits per heavy atom. The van der Waals surface area contributed by atoms with E-state index in [1.165, 1.54) is 0 Å². The molecule has 102 valence electrons. The Balaban J connectivity index is 3.04. The number of aliphatic carboxylic acids is 1. The fraction of sp³-hybridized carbons (Fsp3) is 0.182. The lowest BCUT2D eigenvalue weighted by atomic mass is 10.1. The van der Waals surface area contributed by atoms with Gasteiger partial charge in [0.15, 0.2) is 0 Å². The lowest BCUT2D eigenvalue weighted by Gasteiger charge is -2.08. The zero-order valence-electron chi connectivity index (χ0n) is 9.70. The highest BCUT2D eigenvalue weighted by Crippen LogP contribution is 2.20. The molecule has 0 atom stereocenters. The summed E-state index contributed by atoms with van der Waals surface area (Å²) in [6, 6.07) is 1.12. The number of ether oxygens (including phenoxy) is 1. The van der Waals surface area contributed by atoms with Crippen molar-refractivity contribution in [3.63, 3.8) is 0 Å². The van der Waals surface area contributed by atoms with Gasteiger partial charge in [0.1, 0.15) is 18.1 Å². The van der Waals surface area contributed by atoms with Crippen molar-refractivity contribution in [3.05, 3.63) is 29.3 Å². The van der Waals surface area contributed by atoms with Crippen LogP contribution < -0.4 is 5.32 Å². The van der Waals surface area contributed by atoms with Crippen molar-refractivity contribution in [2.45, 2.75) is 6.42 Å². The van der Waals surface area contributed by atoms with Gasteiger partial charge in [-0.15, -0.1) is 0 Å². The van der Waals surface area contributed by atoms with Crippen LogP contribution in [0.2, 0.25) is 0 Å². The van der Waals surface area contributed by atoms with Gasteiger partial charge in [0.2, 0.25) is 5.91 Å². The third kappa shape index (κ3) is 3.73. The normalized spacial score (nSPS) is 9.84. The summed E-state index contributed by atoms with van der Waals surface area (Å²) in [6.07, 6.45) is -0.885. The number of carboxylic acids is 1. The summed E-state index contributed by atoms with van der Waals surface area (Å²) in [5.74, 6) is -5.75. The van der Waals surface area contributed by atoms with E-state index in [-0.39, 0.29) is 0 Å². The molecule has 1 aromatic rings. The van der Waals surface area contributed by atoms with Crippen molar-refractivity contribution in [2.75, 3.05) is 12.4 Å². The molecule has 0 aromatic heterocycles. The first-order chi connectivity index (χ1) is 8.85. The number of hydrogen-bond acceptors (Lipinski definition) is 4. The third-order valence-corrected chi connectivity index (χ3v) is 2.05. The number of rotatable bonds is 4. The number of carbonyl (C=O) groups is 3. The topological polar surface area (TPSA) is 92.7 Å². The molecule has 1 aromatic carbocycles. The molecule has 0 radical (unpaired) electrons. The molecule has 0 heterocycles. The molecule has 0 unspecified atom stereocenters. The second-order valence-corrected chi connectivity index (χ2v) is 3.42. The van der Waals surface area contributed by atoms with Gasteiger partial charge in [0.25, 0.3) is 0 Å². The van der Waals surface area contributed by atoms with Crippen LogP contribution >= 0.6 is 0 Å². The third-order valence-electron chi connectivity index (χ3n) is 2.05. The maximum Gasteiger partial charge on any atom is 0.340 e. The molecule has 1 amide bonds. The highest BCUT2D eigenvalue weighted by atomic mass is 19.1. The SMILES string of the molecule is COC(=O)c1cc(NC(=O)CC(=O)O)c(F)cc1F. The standard InChI is InChI=1S/C11H9F2NO5/c1-19-11(18)5-2-8(7(13)3-6(5)12)14-9(15)4-10(16)17/h2-3H,4H2,1H3,(H,14,15)(H,16,17). The van der Waals surface area contributed by atoms with Crippen molar-refractivity contribution in [2.24, 2.45) is 0 Å². The maximum atomic E-state index is 13.3. The maximum absolute atomic E-state index is 13.3. The minimum atomic E-state index is -1.41. The first-order valence-electron chi connectivity index (χ1n) is 4.94. The summed E-state index contributed by atoms with van der Waals surface area (Å²) in [6.45, 7) is 0. The van der Waals surface area contributed by atoms with Gasteiger partial charge in [-0.2, -0.15) is 0 Å². The first-order valence-corrected chi connectivity index (χ1v) is 4.94. The monoisotopic (exact) mass is 273 g/mol. The molecular weight excluding hydrogens is 264 g/mol. The van der Waals surface area contributed by atoms with Crippen molar-refractivity contribution >= 4 is 23.5 Å². The van der Waals surface area contributed by atoms with Gasteiger partial charge >= 0.3 is 11.9 Å². The fourth-order valence-electron chi connectivity index (χ4n) is 1.24. The molecule has 2 N–H and O–H groups in total. The molecule has 0 aliphatic carbocycles. The smallest absolute Gasteiger partial charge is 0.340 e. The zero-order valence-corrected chi connectivity index (χ0v) is 9.70. The summed E-state index contributed by atoms with van der Waals surface area (Å²) in [7, 11) is 1.01. The molecule has 0 saturated heterocycles. The second-order valence-electron chi connectivity index (χ2n) is 3.42. The van der Waals surface area contributed by atoms with E-state index >= 15 is 0 Å². The van der Waals surface area contributed by atoms with E-state index in [9.17, 15) is 23.2 Å². The predicted molar refractivity (Wildman–Crippen MR) is 58.6 cm³/mol. The van der Waals surface area contributed by atoms with Gasteiger partial charge in [0.05, 0.1) is 18.4 Å². The summed E-state index contributed by atoms with van der Waals surface area (Å²) in [5.41, 5.74) is -1.08. The van der Waals surface area contributed by atoms with Crippen LogP contribution in [0.25, 0.3) is 0 Å². The Kier molecular flexibility index (Phi) is 4.51. The number of amides is 1. The largest absolute Gasteiger partial charge is 0.481 e. The average Bonchev–Trinajstić information content (AvgIpc) is 2.30. The van der Waals surface area contributed by atoms with Crippen molar-refractivity contribution in [3.8, 4) is 0 Å². The Labute approximate surface area is 106 Å². The fourth-order valence-corrected chi connectivity index (χ4v) is 1.24. The predicted octanol–water partition coefficient (Wildman–Crippen LogP) is 1.16. The van der Waals surface area contributed by atoms with Crippen LogP contribution in [0.5, 0.6) is 0 Å². The number of carboxylic acid groups (broad SMARTS) is 1. The number of carbonyl (C=O) groups excluding carboxylic acids is 2. The zero-order chi connectivity index (χ0) is 14.6. The summed E-state index contributed by atoms with van der Waals surface area (Å²) < 4.78 is 30.9. The Morgan fingerprint density at radius 3 is 2.42 bits per heavy atom. The quantitative estimate of drug-likeness (QED) is 0.634. The number of benzene rings is 1. The highest BCUT2D eigenvalue weighted by Gasteiger charge is 2.18. The number of esters is 1. The molecule has 0 aliphatic heterocycles. The molecule has 1 rings (SSSR count). The Bertz CT molecular complexity index is 544. The average molecular weight is 273 g/mol. The molecule has 0 saturated carbocycles. The van der Waals surface area contributed by atoms with Gasteiger partial charge in [-0.3, -0.25) is 9.59 Å². The number of halogens is 2. The molecule has 8 heteroatoms. The van der Waals surface area contributed by atoms with Crippen LogP contribution in [0.15, 0.2) is 12.1 Å². The van der Waals surface area contributed by atoms with Crippen LogP contribution in [0, 0.1) is 11.6 Å². The van der Waals surface area contributed by atoms with Crippen LogP contribution in [0.4, 0.5) is 14.5 Å². The van der Waals surface area contributed by atoms with Gasteiger partial charge in [0, 0.05) is 6.07 Å². The Morgan fingerprint density at radius 1 is 1.26 bits per heavy atom.